The van der Waals surface area contributed by atoms with Crippen LogP contribution in [0.2, 0.25) is 0 Å². The summed E-state index contributed by atoms with van der Waals surface area (Å²) < 4.78 is 0. The lowest BCUT2D eigenvalue weighted by atomic mass is 10.2. The van der Waals surface area contributed by atoms with E-state index in [1.165, 1.54) is 25.8 Å². The van der Waals surface area contributed by atoms with Gasteiger partial charge in [0, 0.05) is 18.6 Å². The second-order valence-electron chi connectivity index (χ2n) is 3.54. The van der Waals surface area contributed by atoms with E-state index < -0.39 is 0 Å². The van der Waals surface area contributed by atoms with E-state index >= 15 is 0 Å². The van der Waals surface area contributed by atoms with E-state index in [0.717, 1.165) is 6.54 Å². The Bertz CT molecular complexity index is 104. The maximum atomic E-state index is 3.55. The van der Waals surface area contributed by atoms with Gasteiger partial charge in [-0.25, -0.2) is 0 Å². The Hall–Kier alpha value is -0.0800. The zero-order valence-corrected chi connectivity index (χ0v) is 7.69. The molecule has 0 radical (unpaired) electrons. The van der Waals surface area contributed by atoms with Crippen molar-refractivity contribution in [3.63, 3.8) is 0 Å². The van der Waals surface area contributed by atoms with Gasteiger partial charge < -0.3 is 10.6 Å². The highest BCUT2D eigenvalue weighted by Gasteiger charge is 2.12. The zero-order valence-electron chi connectivity index (χ0n) is 7.69. The van der Waals surface area contributed by atoms with Crippen molar-refractivity contribution in [2.75, 3.05) is 13.1 Å². The van der Waals surface area contributed by atoms with Crippen molar-refractivity contribution < 1.29 is 0 Å². The quantitative estimate of drug-likeness (QED) is 0.626. The molecule has 11 heavy (non-hydrogen) atoms. The minimum absolute atomic E-state index is 0.698. The minimum atomic E-state index is 0.698. The third-order valence-corrected chi connectivity index (χ3v) is 2.36. The highest BCUT2D eigenvalue weighted by Crippen LogP contribution is 2.01. The van der Waals surface area contributed by atoms with Crippen LogP contribution in [0.1, 0.15) is 33.1 Å². The predicted molar refractivity (Wildman–Crippen MR) is 48.8 cm³/mol. The number of hydrogen-bond acceptors (Lipinski definition) is 2. The molecular formula is C9H20N2. The normalized spacial score (nSPS) is 33.3. The molecule has 1 rings (SSSR count). The van der Waals surface area contributed by atoms with Crippen LogP contribution in [0.25, 0.3) is 0 Å². The van der Waals surface area contributed by atoms with Crippen molar-refractivity contribution in [3.8, 4) is 0 Å². The van der Waals surface area contributed by atoms with Crippen LogP contribution >= 0.6 is 0 Å². The lowest BCUT2D eigenvalue weighted by Crippen LogP contribution is -2.36. The first-order valence-electron chi connectivity index (χ1n) is 4.79. The lowest BCUT2D eigenvalue weighted by Gasteiger charge is -2.14. The second-order valence-corrected chi connectivity index (χ2v) is 3.54. The van der Waals surface area contributed by atoms with E-state index in [-0.39, 0.29) is 0 Å². The monoisotopic (exact) mass is 156 g/mol. The molecule has 2 nitrogen and oxygen atoms in total. The summed E-state index contributed by atoms with van der Waals surface area (Å²) >= 11 is 0. The Kier molecular flexibility index (Phi) is 3.87. The molecule has 0 bridgehead atoms. The fraction of sp³-hybridized carbons (Fsp3) is 1.00. The molecule has 2 atom stereocenters. The molecule has 0 spiro atoms. The van der Waals surface area contributed by atoms with Crippen molar-refractivity contribution in [2.45, 2.75) is 45.2 Å². The van der Waals surface area contributed by atoms with Crippen LogP contribution in [0, 0.1) is 0 Å². The van der Waals surface area contributed by atoms with Crippen LogP contribution in [0.3, 0.4) is 0 Å². The summed E-state index contributed by atoms with van der Waals surface area (Å²) in [7, 11) is 0. The summed E-state index contributed by atoms with van der Waals surface area (Å²) in [6.07, 6.45) is 3.85. The number of rotatable bonds is 2. The molecule has 1 aliphatic rings. The van der Waals surface area contributed by atoms with Gasteiger partial charge in [-0.1, -0.05) is 13.3 Å². The molecule has 66 valence electrons. The molecule has 0 aromatic carbocycles. The highest BCUT2D eigenvalue weighted by atomic mass is 15.0. The molecule has 1 saturated heterocycles. The van der Waals surface area contributed by atoms with Crippen molar-refractivity contribution in [1.82, 2.24) is 10.6 Å². The first-order chi connectivity index (χ1) is 5.33. The van der Waals surface area contributed by atoms with Gasteiger partial charge in [0.1, 0.15) is 0 Å². The van der Waals surface area contributed by atoms with Crippen LogP contribution in [-0.4, -0.2) is 25.2 Å². The highest BCUT2D eigenvalue weighted by molar-refractivity contribution is 4.76. The Morgan fingerprint density at radius 2 is 2.18 bits per heavy atom. The zero-order chi connectivity index (χ0) is 8.10. The summed E-state index contributed by atoms with van der Waals surface area (Å²) in [6, 6.07) is 1.41. The second kappa shape index (κ2) is 4.73. The Morgan fingerprint density at radius 3 is 2.91 bits per heavy atom. The average molecular weight is 156 g/mol. The molecule has 0 aliphatic carbocycles. The molecule has 1 fully saturated rings. The summed E-state index contributed by atoms with van der Waals surface area (Å²) in [5.74, 6) is 0. The largest absolute Gasteiger partial charge is 0.313 e. The van der Waals surface area contributed by atoms with Crippen LogP contribution < -0.4 is 10.6 Å². The van der Waals surface area contributed by atoms with Crippen molar-refractivity contribution in [2.24, 2.45) is 0 Å². The Morgan fingerprint density at radius 1 is 1.36 bits per heavy atom. The van der Waals surface area contributed by atoms with Gasteiger partial charge in [0.15, 0.2) is 0 Å². The molecular weight excluding hydrogens is 136 g/mol. The van der Waals surface area contributed by atoms with Crippen LogP contribution in [-0.2, 0) is 0 Å². The fourth-order valence-corrected chi connectivity index (χ4v) is 1.57. The topological polar surface area (TPSA) is 24.1 Å². The summed E-state index contributed by atoms with van der Waals surface area (Å²) in [5, 5.41) is 7.07. The SMILES string of the molecule is CCCC1CNC(C)CCN1. The Balaban J connectivity index is 2.22. The van der Waals surface area contributed by atoms with E-state index in [1.54, 1.807) is 0 Å². The summed E-state index contributed by atoms with van der Waals surface area (Å²) in [6.45, 7) is 6.83. The predicted octanol–water partition coefficient (Wildman–Crippen LogP) is 1.13. The molecule has 1 heterocycles. The van der Waals surface area contributed by atoms with Crippen molar-refractivity contribution in [3.05, 3.63) is 0 Å². The smallest absolute Gasteiger partial charge is 0.0192 e. The van der Waals surface area contributed by atoms with Crippen LogP contribution in [0.5, 0.6) is 0 Å². The van der Waals surface area contributed by atoms with E-state index in [4.69, 9.17) is 0 Å². The lowest BCUT2D eigenvalue weighted by molar-refractivity contribution is 0.481. The summed E-state index contributed by atoms with van der Waals surface area (Å²) in [4.78, 5) is 0. The molecule has 2 unspecified atom stereocenters. The van der Waals surface area contributed by atoms with Gasteiger partial charge in [-0.2, -0.15) is 0 Å². The molecule has 2 heteroatoms. The number of hydrogen-bond donors (Lipinski definition) is 2. The number of nitrogens with one attached hydrogen (secondary N) is 2. The fourth-order valence-electron chi connectivity index (χ4n) is 1.57. The standard InChI is InChI=1S/C9H20N2/c1-3-4-9-7-11-8(2)5-6-10-9/h8-11H,3-7H2,1-2H3. The van der Waals surface area contributed by atoms with Crippen LogP contribution in [0.4, 0.5) is 0 Å². The van der Waals surface area contributed by atoms with Crippen LogP contribution in [0.15, 0.2) is 0 Å². The molecule has 2 N–H and O–H groups in total. The van der Waals surface area contributed by atoms with E-state index in [9.17, 15) is 0 Å². The van der Waals surface area contributed by atoms with Gasteiger partial charge in [-0.15, -0.1) is 0 Å². The minimum Gasteiger partial charge on any atom is -0.313 e. The Labute approximate surface area is 69.8 Å². The first-order valence-corrected chi connectivity index (χ1v) is 4.79. The third-order valence-electron chi connectivity index (χ3n) is 2.36. The average Bonchev–Trinajstić information content (AvgIpc) is 2.17. The van der Waals surface area contributed by atoms with Crippen molar-refractivity contribution in [1.29, 1.82) is 0 Å². The molecule has 0 amide bonds. The van der Waals surface area contributed by atoms with Gasteiger partial charge in [-0.05, 0) is 26.3 Å². The van der Waals surface area contributed by atoms with E-state index in [0.29, 0.717) is 12.1 Å². The first kappa shape index (κ1) is 9.01. The van der Waals surface area contributed by atoms with E-state index in [1.807, 2.05) is 0 Å². The van der Waals surface area contributed by atoms with Gasteiger partial charge in [0.25, 0.3) is 0 Å². The third kappa shape index (κ3) is 3.21. The van der Waals surface area contributed by atoms with Gasteiger partial charge >= 0.3 is 0 Å². The maximum absolute atomic E-state index is 3.55. The van der Waals surface area contributed by atoms with Gasteiger partial charge in [0.2, 0.25) is 0 Å². The molecule has 0 aromatic heterocycles. The maximum Gasteiger partial charge on any atom is 0.0192 e. The molecule has 1 aliphatic heterocycles. The van der Waals surface area contributed by atoms with Gasteiger partial charge in [0.05, 0.1) is 0 Å². The molecule has 0 aromatic rings. The summed E-state index contributed by atoms with van der Waals surface area (Å²) in [5.41, 5.74) is 0. The molecule has 0 saturated carbocycles. The van der Waals surface area contributed by atoms with Gasteiger partial charge in [-0.3, -0.25) is 0 Å². The van der Waals surface area contributed by atoms with Crippen molar-refractivity contribution >= 4 is 0 Å². The van der Waals surface area contributed by atoms with E-state index in [2.05, 4.69) is 24.5 Å².